The Morgan fingerprint density at radius 1 is 1.19 bits per heavy atom. The molecule has 1 unspecified atom stereocenters. The summed E-state index contributed by atoms with van der Waals surface area (Å²) in [5, 5.41) is 0.679. The molecular formula is C18H19ClOS. The van der Waals surface area contributed by atoms with Crippen molar-refractivity contribution in [3.05, 3.63) is 69.7 Å². The van der Waals surface area contributed by atoms with Gasteiger partial charge in [0.2, 0.25) is 0 Å². The summed E-state index contributed by atoms with van der Waals surface area (Å²) in [6, 6.07) is 13.8. The van der Waals surface area contributed by atoms with E-state index < -0.39 is 0 Å². The summed E-state index contributed by atoms with van der Waals surface area (Å²) in [6.07, 6.45) is 0. The van der Waals surface area contributed by atoms with Crippen LogP contribution in [0.1, 0.15) is 34.0 Å². The molecule has 0 heterocycles. The molecular weight excluding hydrogens is 300 g/mol. The number of benzene rings is 2. The summed E-state index contributed by atoms with van der Waals surface area (Å²) in [5.41, 5.74) is 4.06. The summed E-state index contributed by atoms with van der Waals surface area (Å²) in [6.45, 7) is 5.96. The lowest BCUT2D eigenvalue weighted by Gasteiger charge is -2.13. The highest BCUT2D eigenvalue weighted by molar-refractivity contribution is 7.99. The lowest BCUT2D eigenvalue weighted by atomic mass is 10.0. The first-order valence-electron chi connectivity index (χ1n) is 6.95. The molecule has 0 amide bonds. The summed E-state index contributed by atoms with van der Waals surface area (Å²) in [4.78, 5) is 12.6. The maximum Gasteiger partial charge on any atom is 0.175 e. The van der Waals surface area contributed by atoms with Crippen LogP contribution in [0.5, 0.6) is 0 Å². The Morgan fingerprint density at radius 2 is 1.90 bits per heavy atom. The van der Waals surface area contributed by atoms with Gasteiger partial charge in [0.15, 0.2) is 5.78 Å². The number of halogens is 1. The standard InChI is InChI=1S/C18H19ClOS/c1-12-8-9-13(2)16(10-12)18(20)14(3)21-11-15-6-4-5-7-17(15)19/h4-10,14H,11H2,1-3H3. The smallest absolute Gasteiger partial charge is 0.175 e. The van der Waals surface area contributed by atoms with Gasteiger partial charge in [0, 0.05) is 16.3 Å². The highest BCUT2D eigenvalue weighted by Crippen LogP contribution is 2.26. The summed E-state index contributed by atoms with van der Waals surface area (Å²) in [7, 11) is 0. The first-order valence-corrected chi connectivity index (χ1v) is 8.38. The Kier molecular flexibility index (Phi) is 5.49. The van der Waals surface area contributed by atoms with E-state index in [0.717, 1.165) is 33.0 Å². The van der Waals surface area contributed by atoms with Crippen LogP contribution in [0.2, 0.25) is 5.02 Å². The van der Waals surface area contributed by atoms with Crippen LogP contribution in [0.15, 0.2) is 42.5 Å². The molecule has 1 atom stereocenters. The minimum Gasteiger partial charge on any atom is -0.293 e. The van der Waals surface area contributed by atoms with Gasteiger partial charge in [0.1, 0.15) is 0 Å². The molecule has 21 heavy (non-hydrogen) atoms. The van der Waals surface area contributed by atoms with Crippen molar-refractivity contribution < 1.29 is 4.79 Å². The van der Waals surface area contributed by atoms with Crippen LogP contribution < -0.4 is 0 Å². The highest BCUT2D eigenvalue weighted by atomic mass is 35.5. The molecule has 0 aliphatic carbocycles. The van der Waals surface area contributed by atoms with Gasteiger partial charge in [-0.2, -0.15) is 0 Å². The van der Waals surface area contributed by atoms with Crippen LogP contribution in [0.3, 0.4) is 0 Å². The third kappa shape index (κ3) is 4.12. The van der Waals surface area contributed by atoms with Crippen molar-refractivity contribution in [3.63, 3.8) is 0 Å². The minimum atomic E-state index is -0.0817. The molecule has 2 aromatic rings. The first kappa shape index (κ1) is 16.1. The van der Waals surface area contributed by atoms with Crippen molar-refractivity contribution in [1.82, 2.24) is 0 Å². The largest absolute Gasteiger partial charge is 0.293 e. The third-order valence-electron chi connectivity index (χ3n) is 3.47. The van der Waals surface area contributed by atoms with E-state index in [4.69, 9.17) is 11.6 Å². The molecule has 0 aliphatic heterocycles. The first-order chi connectivity index (χ1) is 9.99. The number of carbonyl (C=O) groups excluding carboxylic acids is 1. The van der Waals surface area contributed by atoms with E-state index in [1.165, 1.54) is 0 Å². The quantitative estimate of drug-likeness (QED) is 0.681. The van der Waals surface area contributed by atoms with Crippen LogP contribution in [-0.2, 0) is 5.75 Å². The van der Waals surface area contributed by atoms with Gasteiger partial charge in [-0.15, -0.1) is 11.8 Å². The zero-order chi connectivity index (χ0) is 15.4. The molecule has 0 aliphatic rings. The van der Waals surface area contributed by atoms with Crippen LogP contribution in [0.25, 0.3) is 0 Å². The van der Waals surface area contributed by atoms with E-state index in [9.17, 15) is 4.79 Å². The van der Waals surface area contributed by atoms with Gasteiger partial charge >= 0.3 is 0 Å². The topological polar surface area (TPSA) is 17.1 Å². The Balaban J connectivity index is 2.06. The molecule has 0 aromatic heterocycles. The predicted octanol–water partition coefficient (Wildman–Crippen LogP) is 5.46. The fraction of sp³-hybridized carbons (Fsp3) is 0.278. The molecule has 1 nitrogen and oxygen atoms in total. The second-order valence-corrected chi connectivity index (χ2v) is 6.96. The van der Waals surface area contributed by atoms with Crippen molar-refractivity contribution >= 4 is 29.1 Å². The van der Waals surface area contributed by atoms with Crippen molar-refractivity contribution in [3.8, 4) is 0 Å². The molecule has 110 valence electrons. The summed E-state index contributed by atoms with van der Waals surface area (Å²) < 4.78 is 0. The second-order valence-electron chi connectivity index (χ2n) is 5.23. The second kappa shape index (κ2) is 7.15. The molecule has 0 fully saturated rings. The van der Waals surface area contributed by atoms with E-state index >= 15 is 0 Å². The van der Waals surface area contributed by atoms with E-state index in [1.807, 2.05) is 63.2 Å². The molecule has 2 rings (SSSR count). The molecule has 0 saturated heterocycles. The third-order valence-corrected chi connectivity index (χ3v) is 5.03. The van der Waals surface area contributed by atoms with Crippen molar-refractivity contribution in [2.75, 3.05) is 0 Å². The Morgan fingerprint density at radius 3 is 2.62 bits per heavy atom. The van der Waals surface area contributed by atoms with Gasteiger partial charge in [-0.05, 0) is 44.0 Å². The van der Waals surface area contributed by atoms with Crippen molar-refractivity contribution in [1.29, 1.82) is 0 Å². The van der Waals surface area contributed by atoms with Gasteiger partial charge in [-0.1, -0.05) is 47.5 Å². The number of aryl methyl sites for hydroxylation is 2. The Bertz CT molecular complexity index is 651. The molecule has 3 heteroatoms. The maximum atomic E-state index is 12.6. The molecule has 0 spiro atoms. The Hall–Kier alpha value is -1.25. The van der Waals surface area contributed by atoms with Gasteiger partial charge < -0.3 is 0 Å². The number of hydrogen-bond acceptors (Lipinski definition) is 2. The zero-order valence-electron chi connectivity index (χ0n) is 12.5. The molecule has 0 bridgehead atoms. The van der Waals surface area contributed by atoms with E-state index in [-0.39, 0.29) is 11.0 Å². The highest BCUT2D eigenvalue weighted by Gasteiger charge is 2.18. The van der Waals surface area contributed by atoms with Gasteiger partial charge in [0.05, 0.1) is 5.25 Å². The van der Waals surface area contributed by atoms with Crippen molar-refractivity contribution in [2.45, 2.75) is 31.8 Å². The SMILES string of the molecule is Cc1ccc(C)c(C(=O)C(C)SCc2ccccc2Cl)c1. The number of carbonyl (C=O) groups is 1. The zero-order valence-corrected chi connectivity index (χ0v) is 14.1. The summed E-state index contributed by atoms with van der Waals surface area (Å²) in [5.74, 6) is 0.936. The van der Waals surface area contributed by atoms with Crippen LogP contribution in [0.4, 0.5) is 0 Å². The molecule has 0 saturated carbocycles. The fourth-order valence-electron chi connectivity index (χ4n) is 2.13. The molecule has 2 aromatic carbocycles. The number of ketones is 1. The van der Waals surface area contributed by atoms with E-state index in [1.54, 1.807) is 11.8 Å². The normalized spacial score (nSPS) is 12.2. The average molecular weight is 319 g/mol. The van der Waals surface area contributed by atoms with Crippen molar-refractivity contribution in [2.24, 2.45) is 0 Å². The van der Waals surface area contributed by atoms with Gasteiger partial charge in [-0.3, -0.25) is 4.79 Å². The van der Waals surface area contributed by atoms with E-state index in [0.29, 0.717) is 0 Å². The lowest BCUT2D eigenvalue weighted by molar-refractivity contribution is 0.0993. The number of rotatable bonds is 5. The summed E-state index contributed by atoms with van der Waals surface area (Å²) >= 11 is 7.78. The lowest BCUT2D eigenvalue weighted by Crippen LogP contribution is -2.15. The predicted molar refractivity (Wildman–Crippen MR) is 92.5 cm³/mol. The Labute approximate surface area is 135 Å². The molecule has 0 N–H and O–H groups in total. The van der Waals surface area contributed by atoms with Crippen LogP contribution in [-0.4, -0.2) is 11.0 Å². The average Bonchev–Trinajstić information content (AvgIpc) is 2.48. The monoisotopic (exact) mass is 318 g/mol. The maximum absolute atomic E-state index is 12.6. The fourth-order valence-corrected chi connectivity index (χ4v) is 3.37. The number of hydrogen-bond donors (Lipinski definition) is 0. The number of thioether (sulfide) groups is 1. The minimum absolute atomic E-state index is 0.0817. The number of Topliss-reactive ketones (excluding diaryl/α,β-unsaturated/α-hetero) is 1. The van der Waals surface area contributed by atoms with E-state index in [2.05, 4.69) is 0 Å². The van der Waals surface area contributed by atoms with Crippen LogP contribution >= 0.6 is 23.4 Å². The van der Waals surface area contributed by atoms with Gasteiger partial charge in [-0.25, -0.2) is 0 Å². The van der Waals surface area contributed by atoms with Crippen LogP contribution in [0, 0.1) is 13.8 Å². The molecule has 0 radical (unpaired) electrons. The van der Waals surface area contributed by atoms with Gasteiger partial charge in [0.25, 0.3) is 0 Å².